The van der Waals surface area contributed by atoms with Crippen LogP contribution >= 0.6 is 11.3 Å². The van der Waals surface area contributed by atoms with Gasteiger partial charge in [0, 0.05) is 22.2 Å². The molecular formula is C15H20N2O3S. The number of nitrogens with one attached hydrogen (secondary N) is 1. The molecule has 3 N–H and O–H groups in total. The van der Waals surface area contributed by atoms with E-state index in [0.29, 0.717) is 4.88 Å². The average molecular weight is 308 g/mol. The Kier molecular flexibility index (Phi) is 4.69. The van der Waals surface area contributed by atoms with Crippen molar-refractivity contribution in [2.75, 3.05) is 19.5 Å². The van der Waals surface area contributed by atoms with Gasteiger partial charge in [-0.05, 0) is 32.0 Å². The summed E-state index contributed by atoms with van der Waals surface area (Å²) in [5, 5.41) is 4.27. The molecule has 0 amide bonds. The molecule has 0 spiro atoms. The number of carbonyl (C=O) groups excluding carboxylic acids is 1. The molecule has 1 aromatic carbocycles. The van der Waals surface area contributed by atoms with Crippen LogP contribution in [0.25, 0.3) is 10.1 Å². The average Bonchev–Trinajstić information content (AvgIpc) is 2.84. The quantitative estimate of drug-likeness (QED) is 0.831. The van der Waals surface area contributed by atoms with Crippen LogP contribution in [0, 0.1) is 0 Å². The molecule has 0 bridgehead atoms. The second kappa shape index (κ2) is 6.32. The number of carbonyl (C=O) groups is 1. The van der Waals surface area contributed by atoms with Crippen molar-refractivity contribution in [1.82, 2.24) is 0 Å². The largest absolute Gasteiger partial charge is 0.497 e. The van der Waals surface area contributed by atoms with Crippen LogP contribution in [0.15, 0.2) is 18.2 Å². The van der Waals surface area contributed by atoms with Gasteiger partial charge in [0.1, 0.15) is 10.6 Å². The number of rotatable bonds is 5. The molecule has 114 valence electrons. The smallest absolute Gasteiger partial charge is 0.350 e. The van der Waals surface area contributed by atoms with E-state index < -0.39 is 0 Å². The van der Waals surface area contributed by atoms with Gasteiger partial charge in [-0.15, -0.1) is 11.3 Å². The Labute approximate surface area is 128 Å². The minimum atomic E-state index is -0.352. The standard InChI is InChI=1S/C15H20N2O3S/c1-8(16)9(2)17-13-11-7-10(19-3)5-6-12(11)21-14(13)15(18)20-4/h5-9,17H,16H2,1-4H3. The predicted octanol–water partition coefficient (Wildman–Crippen LogP) is 2.84. The van der Waals surface area contributed by atoms with Crippen molar-refractivity contribution in [2.24, 2.45) is 5.73 Å². The van der Waals surface area contributed by atoms with Crippen LogP contribution in [0.4, 0.5) is 5.69 Å². The van der Waals surface area contributed by atoms with E-state index in [9.17, 15) is 4.79 Å². The fourth-order valence-electron chi connectivity index (χ4n) is 1.94. The van der Waals surface area contributed by atoms with Gasteiger partial charge in [0.15, 0.2) is 0 Å². The van der Waals surface area contributed by atoms with Gasteiger partial charge in [0.25, 0.3) is 0 Å². The summed E-state index contributed by atoms with van der Waals surface area (Å²) in [6.07, 6.45) is 0. The summed E-state index contributed by atoms with van der Waals surface area (Å²) in [5.41, 5.74) is 6.67. The Morgan fingerprint density at radius 3 is 2.62 bits per heavy atom. The lowest BCUT2D eigenvalue weighted by molar-refractivity contribution is 0.0607. The fraction of sp³-hybridized carbons (Fsp3) is 0.400. The second-order valence-corrected chi connectivity index (χ2v) is 6.00. The van der Waals surface area contributed by atoms with Crippen LogP contribution in [0.2, 0.25) is 0 Å². The minimum Gasteiger partial charge on any atom is -0.497 e. The monoisotopic (exact) mass is 308 g/mol. The number of ether oxygens (including phenoxy) is 2. The molecule has 0 aliphatic rings. The molecule has 2 rings (SSSR count). The summed E-state index contributed by atoms with van der Waals surface area (Å²) in [6.45, 7) is 3.90. The van der Waals surface area contributed by atoms with Gasteiger partial charge < -0.3 is 20.5 Å². The molecule has 5 nitrogen and oxygen atoms in total. The van der Waals surface area contributed by atoms with Gasteiger partial charge in [-0.3, -0.25) is 0 Å². The molecule has 6 heteroatoms. The normalized spacial score (nSPS) is 13.8. The van der Waals surface area contributed by atoms with E-state index in [4.69, 9.17) is 15.2 Å². The van der Waals surface area contributed by atoms with E-state index in [2.05, 4.69) is 5.32 Å². The van der Waals surface area contributed by atoms with Crippen LogP contribution in [0.5, 0.6) is 5.75 Å². The van der Waals surface area contributed by atoms with E-state index in [1.165, 1.54) is 18.4 Å². The molecule has 1 heterocycles. The number of anilines is 1. The molecule has 0 fully saturated rings. The maximum Gasteiger partial charge on any atom is 0.350 e. The van der Waals surface area contributed by atoms with Gasteiger partial charge >= 0.3 is 5.97 Å². The fourth-order valence-corrected chi connectivity index (χ4v) is 3.01. The van der Waals surface area contributed by atoms with Gasteiger partial charge in [0.05, 0.1) is 19.9 Å². The predicted molar refractivity (Wildman–Crippen MR) is 86.5 cm³/mol. The summed E-state index contributed by atoms with van der Waals surface area (Å²) in [5.74, 6) is 0.391. The van der Waals surface area contributed by atoms with Gasteiger partial charge in [0.2, 0.25) is 0 Å². The molecule has 0 aliphatic carbocycles. The minimum absolute atomic E-state index is 0.0254. The lowest BCUT2D eigenvalue weighted by Gasteiger charge is -2.19. The van der Waals surface area contributed by atoms with E-state index in [1.807, 2.05) is 32.0 Å². The number of fused-ring (bicyclic) bond motifs is 1. The molecule has 2 aromatic rings. The van der Waals surface area contributed by atoms with Crippen LogP contribution in [0.1, 0.15) is 23.5 Å². The van der Waals surface area contributed by atoms with Crippen molar-refractivity contribution in [3.05, 3.63) is 23.1 Å². The lowest BCUT2D eigenvalue weighted by Crippen LogP contribution is -2.35. The van der Waals surface area contributed by atoms with Crippen molar-refractivity contribution < 1.29 is 14.3 Å². The number of thiophene rings is 1. The number of nitrogens with two attached hydrogens (primary N) is 1. The zero-order valence-corrected chi connectivity index (χ0v) is 13.4. The maximum absolute atomic E-state index is 12.0. The Hall–Kier alpha value is -1.79. The second-order valence-electron chi connectivity index (χ2n) is 4.95. The summed E-state index contributed by atoms with van der Waals surface area (Å²) >= 11 is 1.40. The summed E-state index contributed by atoms with van der Waals surface area (Å²) in [7, 11) is 3.00. The highest BCUT2D eigenvalue weighted by Crippen LogP contribution is 2.38. The SMILES string of the molecule is COC(=O)c1sc2ccc(OC)cc2c1NC(C)C(C)N. The third-order valence-electron chi connectivity index (χ3n) is 3.43. The first-order valence-electron chi connectivity index (χ1n) is 6.69. The van der Waals surface area contributed by atoms with E-state index in [0.717, 1.165) is 21.5 Å². The number of methoxy groups -OCH3 is 2. The van der Waals surface area contributed by atoms with E-state index in [-0.39, 0.29) is 18.1 Å². The topological polar surface area (TPSA) is 73.6 Å². The molecule has 2 atom stereocenters. The Bertz CT molecular complexity index is 652. The van der Waals surface area contributed by atoms with Crippen LogP contribution in [-0.4, -0.2) is 32.3 Å². The third-order valence-corrected chi connectivity index (χ3v) is 4.58. The zero-order chi connectivity index (χ0) is 15.6. The highest BCUT2D eigenvalue weighted by atomic mass is 32.1. The number of hydrogen-bond acceptors (Lipinski definition) is 6. The van der Waals surface area contributed by atoms with Crippen LogP contribution in [-0.2, 0) is 4.74 Å². The summed E-state index contributed by atoms with van der Waals surface area (Å²) in [4.78, 5) is 12.5. The first kappa shape index (κ1) is 15.6. The van der Waals surface area contributed by atoms with Gasteiger partial charge in [-0.25, -0.2) is 4.79 Å². The lowest BCUT2D eigenvalue weighted by atomic mass is 10.1. The Morgan fingerprint density at radius 2 is 2.05 bits per heavy atom. The van der Waals surface area contributed by atoms with Crippen molar-refractivity contribution in [3.8, 4) is 5.75 Å². The molecule has 0 saturated heterocycles. The number of benzene rings is 1. The Balaban J connectivity index is 2.57. The van der Waals surface area contributed by atoms with E-state index >= 15 is 0 Å². The number of hydrogen-bond donors (Lipinski definition) is 2. The van der Waals surface area contributed by atoms with Crippen LogP contribution in [0.3, 0.4) is 0 Å². The molecule has 0 aliphatic heterocycles. The van der Waals surface area contributed by atoms with Gasteiger partial charge in [-0.1, -0.05) is 0 Å². The Morgan fingerprint density at radius 1 is 1.33 bits per heavy atom. The highest BCUT2D eigenvalue weighted by Gasteiger charge is 2.21. The molecule has 21 heavy (non-hydrogen) atoms. The molecular weight excluding hydrogens is 288 g/mol. The summed E-state index contributed by atoms with van der Waals surface area (Å²) in [6, 6.07) is 5.70. The first-order chi connectivity index (χ1) is 9.97. The van der Waals surface area contributed by atoms with Crippen molar-refractivity contribution >= 4 is 33.1 Å². The molecule has 0 saturated carbocycles. The highest BCUT2D eigenvalue weighted by molar-refractivity contribution is 7.21. The van der Waals surface area contributed by atoms with E-state index in [1.54, 1.807) is 7.11 Å². The van der Waals surface area contributed by atoms with Crippen LogP contribution < -0.4 is 15.8 Å². The van der Waals surface area contributed by atoms with Gasteiger partial charge in [-0.2, -0.15) is 0 Å². The van der Waals surface area contributed by atoms with Crippen molar-refractivity contribution in [1.29, 1.82) is 0 Å². The van der Waals surface area contributed by atoms with Crippen molar-refractivity contribution in [3.63, 3.8) is 0 Å². The molecule has 2 unspecified atom stereocenters. The molecule has 0 radical (unpaired) electrons. The molecule has 1 aromatic heterocycles. The third kappa shape index (κ3) is 3.11. The zero-order valence-electron chi connectivity index (χ0n) is 12.6. The number of esters is 1. The first-order valence-corrected chi connectivity index (χ1v) is 7.50. The summed E-state index contributed by atoms with van der Waals surface area (Å²) < 4.78 is 11.1. The maximum atomic E-state index is 12.0. The van der Waals surface area contributed by atoms with Crippen molar-refractivity contribution in [2.45, 2.75) is 25.9 Å².